The van der Waals surface area contributed by atoms with Crippen molar-refractivity contribution >= 4 is 34.9 Å². The number of aromatic nitrogens is 1. The molecule has 0 radical (unpaired) electrons. The number of anilines is 2. The molecule has 1 saturated heterocycles. The van der Waals surface area contributed by atoms with E-state index in [1.54, 1.807) is 35.4 Å². The minimum absolute atomic E-state index is 0.0514. The van der Waals surface area contributed by atoms with Gasteiger partial charge in [0.2, 0.25) is 11.8 Å². The number of halogens is 1. The highest BCUT2D eigenvalue weighted by Crippen LogP contribution is 2.26. The molecule has 2 amide bonds. The van der Waals surface area contributed by atoms with Crippen LogP contribution in [0.4, 0.5) is 11.5 Å². The molecule has 1 aliphatic heterocycles. The van der Waals surface area contributed by atoms with Crippen molar-refractivity contribution in [2.24, 2.45) is 5.92 Å². The van der Waals surface area contributed by atoms with Gasteiger partial charge >= 0.3 is 0 Å². The Hall–Kier alpha value is -2.60. The molecular formula is C19H21ClN4O2. The van der Waals surface area contributed by atoms with Gasteiger partial charge in [0.15, 0.2) is 0 Å². The Morgan fingerprint density at radius 3 is 2.62 bits per heavy atom. The highest BCUT2D eigenvalue weighted by atomic mass is 35.5. The first-order chi connectivity index (χ1) is 12.4. The van der Waals surface area contributed by atoms with Crippen LogP contribution >= 0.6 is 11.6 Å². The van der Waals surface area contributed by atoms with Gasteiger partial charge in [-0.3, -0.25) is 9.59 Å². The molecule has 0 bridgehead atoms. The molecule has 2 aromatic rings. The highest BCUT2D eigenvalue weighted by Gasteiger charge is 2.34. The van der Waals surface area contributed by atoms with Gasteiger partial charge in [0, 0.05) is 50.5 Å². The Bertz CT molecular complexity index is 790. The first-order valence-corrected chi connectivity index (χ1v) is 8.78. The lowest BCUT2D eigenvalue weighted by atomic mass is 10.1. The number of hydrogen-bond donors (Lipinski definition) is 1. The first kappa shape index (κ1) is 18.2. The van der Waals surface area contributed by atoms with Crippen LogP contribution in [0, 0.1) is 5.92 Å². The maximum atomic E-state index is 12.4. The second kappa shape index (κ2) is 7.74. The normalized spacial score (nSPS) is 16.7. The summed E-state index contributed by atoms with van der Waals surface area (Å²) in [5.41, 5.74) is 1.68. The van der Waals surface area contributed by atoms with E-state index in [1.165, 1.54) is 0 Å². The summed E-state index contributed by atoms with van der Waals surface area (Å²) in [6, 6.07) is 10.9. The van der Waals surface area contributed by atoms with Crippen molar-refractivity contribution in [3.63, 3.8) is 0 Å². The van der Waals surface area contributed by atoms with E-state index in [2.05, 4.69) is 10.3 Å². The predicted octanol–water partition coefficient (Wildman–Crippen LogP) is 2.47. The van der Waals surface area contributed by atoms with E-state index < -0.39 is 0 Å². The summed E-state index contributed by atoms with van der Waals surface area (Å²) in [6.07, 6.45) is 1.96. The summed E-state index contributed by atoms with van der Waals surface area (Å²) >= 11 is 5.89. The Morgan fingerprint density at radius 1 is 1.27 bits per heavy atom. The molecule has 1 aliphatic rings. The number of hydrogen-bond acceptors (Lipinski definition) is 4. The Balaban J connectivity index is 1.57. The van der Waals surface area contributed by atoms with Gasteiger partial charge < -0.3 is 15.1 Å². The SMILES string of the molecule is CN(C)c1ccc(CNC(=O)C2CC(=O)N(c3ccc(Cl)cc3)C2)cn1. The number of rotatable bonds is 5. The van der Waals surface area contributed by atoms with Crippen molar-refractivity contribution < 1.29 is 9.59 Å². The van der Waals surface area contributed by atoms with Crippen molar-refractivity contribution in [3.8, 4) is 0 Å². The molecule has 0 saturated carbocycles. The van der Waals surface area contributed by atoms with Gasteiger partial charge in [0.1, 0.15) is 5.82 Å². The molecule has 26 heavy (non-hydrogen) atoms. The van der Waals surface area contributed by atoms with Crippen molar-refractivity contribution in [1.82, 2.24) is 10.3 Å². The van der Waals surface area contributed by atoms with E-state index in [-0.39, 0.29) is 24.2 Å². The molecule has 0 aliphatic carbocycles. The van der Waals surface area contributed by atoms with Gasteiger partial charge in [-0.1, -0.05) is 17.7 Å². The zero-order valence-electron chi connectivity index (χ0n) is 14.8. The molecular weight excluding hydrogens is 352 g/mol. The van der Waals surface area contributed by atoms with Crippen LogP contribution in [0.2, 0.25) is 5.02 Å². The van der Waals surface area contributed by atoms with Crippen LogP contribution in [0.1, 0.15) is 12.0 Å². The fraction of sp³-hybridized carbons (Fsp3) is 0.316. The third-order valence-electron chi connectivity index (χ3n) is 4.37. The average molecular weight is 373 g/mol. The lowest BCUT2D eigenvalue weighted by Gasteiger charge is -2.17. The van der Waals surface area contributed by atoms with Crippen LogP contribution < -0.4 is 15.1 Å². The van der Waals surface area contributed by atoms with Crippen LogP contribution in [0.15, 0.2) is 42.6 Å². The molecule has 3 rings (SSSR count). The average Bonchev–Trinajstić information content (AvgIpc) is 3.02. The molecule has 136 valence electrons. The molecule has 2 heterocycles. The molecule has 6 nitrogen and oxygen atoms in total. The van der Waals surface area contributed by atoms with Gasteiger partial charge in [-0.15, -0.1) is 0 Å². The minimum atomic E-state index is -0.354. The highest BCUT2D eigenvalue weighted by molar-refractivity contribution is 6.30. The molecule has 1 aromatic heterocycles. The number of nitrogens with zero attached hydrogens (tertiary/aromatic N) is 3. The number of carbonyl (C=O) groups excluding carboxylic acids is 2. The molecule has 1 fully saturated rings. The fourth-order valence-corrected chi connectivity index (χ4v) is 3.00. The summed E-state index contributed by atoms with van der Waals surface area (Å²) in [5.74, 6) is 0.336. The van der Waals surface area contributed by atoms with Crippen molar-refractivity contribution in [2.45, 2.75) is 13.0 Å². The standard InChI is InChI=1S/C19H21ClN4O2/c1-23(2)17-8-3-13(10-21-17)11-22-19(26)14-9-18(25)24(12-14)16-6-4-15(20)5-7-16/h3-8,10,14H,9,11-12H2,1-2H3,(H,22,26). The lowest BCUT2D eigenvalue weighted by Crippen LogP contribution is -2.32. The predicted molar refractivity (Wildman–Crippen MR) is 102 cm³/mol. The summed E-state index contributed by atoms with van der Waals surface area (Å²) in [7, 11) is 3.85. The van der Waals surface area contributed by atoms with Crippen molar-refractivity contribution in [2.75, 3.05) is 30.4 Å². The maximum absolute atomic E-state index is 12.4. The van der Waals surface area contributed by atoms with Crippen molar-refractivity contribution in [3.05, 3.63) is 53.2 Å². The summed E-state index contributed by atoms with van der Waals surface area (Å²) in [6.45, 7) is 0.773. The third kappa shape index (κ3) is 4.14. The van der Waals surface area contributed by atoms with E-state index in [4.69, 9.17) is 11.6 Å². The molecule has 1 N–H and O–H groups in total. The van der Waals surface area contributed by atoms with Crippen LogP contribution in [0.25, 0.3) is 0 Å². The largest absolute Gasteiger partial charge is 0.363 e. The third-order valence-corrected chi connectivity index (χ3v) is 4.62. The van der Waals surface area contributed by atoms with Crippen molar-refractivity contribution in [1.29, 1.82) is 0 Å². The van der Waals surface area contributed by atoms with E-state index in [9.17, 15) is 9.59 Å². The van der Waals surface area contributed by atoms with Gasteiger partial charge in [-0.2, -0.15) is 0 Å². The zero-order valence-corrected chi connectivity index (χ0v) is 15.5. The molecule has 1 atom stereocenters. The number of amides is 2. The van der Waals surface area contributed by atoms with Gasteiger partial charge in [0.05, 0.1) is 5.92 Å². The Morgan fingerprint density at radius 2 is 2.00 bits per heavy atom. The lowest BCUT2D eigenvalue weighted by molar-refractivity contribution is -0.126. The number of carbonyl (C=O) groups is 2. The monoisotopic (exact) mass is 372 g/mol. The summed E-state index contributed by atoms with van der Waals surface area (Å²) in [4.78, 5) is 32.6. The Labute approximate surface area is 157 Å². The van der Waals surface area contributed by atoms with Crippen LogP contribution in [0.3, 0.4) is 0 Å². The summed E-state index contributed by atoms with van der Waals surface area (Å²) < 4.78 is 0. The zero-order chi connectivity index (χ0) is 18.7. The maximum Gasteiger partial charge on any atom is 0.227 e. The quantitative estimate of drug-likeness (QED) is 0.875. The number of benzene rings is 1. The molecule has 1 unspecified atom stereocenters. The van der Waals surface area contributed by atoms with Gasteiger partial charge in [0.25, 0.3) is 0 Å². The number of pyridine rings is 1. The first-order valence-electron chi connectivity index (χ1n) is 8.40. The van der Waals surface area contributed by atoms with Crippen LogP contribution in [-0.2, 0) is 16.1 Å². The van der Waals surface area contributed by atoms with E-state index in [0.717, 1.165) is 17.1 Å². The number of nitrogens with one attached hydrogen (secondary N) is 1. The van der Waals surface area contributed by atoms with Crippen LogP contribution in [-0.4, -0.2) is 37.4 Å². The Kier molecular flexibility index (Phi) is 5.42. The fourth-order valence-electron chi connectivity index (χ4n) is 2.87. The van der Waals surface area contributed by atoms with Gasteiger partial charge in [-0.25, -0.2) is 4.98 Å². The van der Waals surface area contributed by atoms with Gasteiger partial charge in [-0.05, 0) is 35.9 Å². The van der Waals surface area contributed by atoms with E-state index in [0.29, 0.717) is 18.1 Å². The molecule has 7 heteroatoms. The van der Waals surface area contributed by atoms with E-state index >= 15 is 0 Å². The van der Waals surface area contributed by atoms with E-state index in [1.807, 2.05) is 31.1 Å². The minimum Gasteiger partial charge on any atom is -0.363 e. The second-order valence-electron chi connectivity index (χ2n) is 6.52. The smallest absolute Gasteiger partial charge is 0.227 e. The van der Waals surface area contributed by atoms with Crippen LogP contribution in [0.5, 0.6) is 0 Å². The summed E-state index contributed by atoms with van der Waals surface area (Å²) in [5, 5.41) is 3.51. The molecule has 0 spiro atoms. The topological polar surface area (TPSA) is 65.5 Å². The second-order valence-corrected chi connectivity index (χ2v) is 6.96. The molecule has 1 aromatic carbocycles.